The third-order valence-electron chi connectivity index (χ3n) is 2.60. The van der Waals surface area contributed by atoms with Crippen molar-refractivity contribution in [3.63, 3.8) is 0 Å². The van der Waals surface area contributed by atoms with E-state index < -0.39 is 0 Å². The summed E-state index contributed by atoms with van der Waals surface area (Å²) < 4.78 is 7.32. The number of aliphatic hydroxyl groups is 1. The van der Waals surface area contributed by atoms with Crippen LogP contribution in [0, 0.1) is 0 Å². The highest BCUT2D eigenvalue weighted by molar-refractivity contribution is 5.36. The molecule has 0 aliphatic heterocycles. The summed E-state index contributed by atoms with van der Waals surface area (Å²) in [5, 5.41) is 16.9. The molecule has 0 aliphatic rings. The number of aliphatic hydroxyl groups excluding tert-OH is 1. The molecule has 0 spiro atoms. The van der Waals surface area contributed by atoms with Gasteiger partial charge in [0.1, 0.15) is 5.75 Å². The molecule has 2 rings (SSSR count). The Kier molecular flexibility index (Phi) is 4.52. The second kappa shape index (κ2) is 6.33. The van der Waals surface area contributed by atoms with Crippen LogP contribution in [0.5, 0.6) is 5.75 Å². The zero-order valence-corrected chi connectivity index (χ0v) is 11.3. The van der Waals surface area contributed by atoms with Gasteiger partial charge in [0.2, 0.25) is 0 Å². The number of rotatable bonds is 6. The van der Waals surface area contributed by atoms with E-state index in [4.69, 9.17) is 9.84 Å². The first-order valence-electron chi connectivity index (χ1n) is 6.48. The van der Waals surface area contributed by atoms with Gasteiger partial charge in [-0.1, -0.05) is 5.21 Å². The van der Waals surface area contributed by atoms with Crippen molar-refractivity contribution < 1.29 is 9.84 Å². The smallest absolute Gasteiger partial charge is 0.119 e. The van der Waals surface area contributed by atoms with E-state index >= 15 is 0 Å². The predicted octanol–water partition coefficient (Wildman–Crippen LogP) is 1.98. The standard InChI is InChI=1S/C14H19N3O2/c1-11(2)19-14-7-5-13(6-8-14)17-10-12(15-16-17)4-3-9-18/h5-8,10-11,18H,3-4,9H2,1-2H3. The van der Waals surface area contributed by atoms with Gasteiger partial charge >= 0.3 is 0 Å². The van der Waals surface area contributed by atoms with Crippen LogP contribution >= 0.6 is 0 Å². The van der Waals surface area contributed by atoms with Crippen molar-refractivity contribution in [1.82, 2.24) is 15.0 Å². The molecule has 5 nitrogen and oxygen atoms in total. The Morgan fingerprint density at radius 1 is 1.26 bits per heavy atom. The maximum Gasteiger partial charge on any atom is 0.119 e. The first-order chi connectivity index (χ1) is 9.19. The van der Waals surface area contributed by atoms with Gasteiger partial charge in [0, 0.05) is 6.61 Å². The van der Waals surface area contributed by atoms with Crippen LogP contribution in [0.1, 0.15) is 26.0 Å². The minimum absolute atomic E-state index is 0.169. The molecular weight excluding hydrogens is 242 g/mol. The number of hydrogen-bond acceptors (Lipinski definition) is 4. The SMILES string of the molecule is CC(C)Oc1ccc(-n2cc(CCCO)nn2)cc1. The van der Waals surface area contributed by atoms with Gasteiger partial charge in [-0.05, 0) is 51.0 Å². The van der Waals surface area contributed by atoms with Crippen LogP contribution in [0.15, 0.2) is 30.5 Å². The Labute approximate surface area is 112 Å². The monoisotopic (exact) mass is 261 g/mol. The lowest BCUT2D eigenvalue weighted by Crippen LogP contribution is -2.05. The quantitative estimate of drug-likeness (QED) is 0.863. The summed E-state index contributed by atoms with van der Waals surface area (Å²) >= 11 is 0. The Hall–Kier alpha value is -1.88. The summed E-state index contributed by atoms with van der Waals surface area (Å²) in [6.07, 6.45) is 3.50. The number of aryl methyl sites for hydroxylation is 1. The Bertz CT molecular complexity index is 506. The molecule has 1 aromatic carbocycles. The predicted molar refractivity (Wildman–Crippen MR) is 72.5 cm³/mol. The van der Waals surface area contributed by atoms with E-state index in [-0.39, 0.29) is 12.7 Å². The van der Waals surface area contributed by atoms with Crippen molar-refractivity contribution in [2.45, 2.75) is 32.8 Å². The zero-order chi connectivity index (χ0) is 13.7. The van der Waals surface area contributed by atoms with Gasteiger partial charge in [0.05, 0.1) is 23.7 Å². The van der Waals surface area contributed by atoms with Crippen molar-refractivity contribution in [2.24, 2.45) is 0 Å². The molecule has 1 aromatic heterocycles. The van der Waals surface area contributed by atoms with Gasteiger partial charge in [-0.25, -0.2) is 4.68 Å². The fraction of sp³-hybridized carbons (Fsp3) is 0.429. The minimum Gasteiger partial charge on any atom is -0.491 e. The fourth-order valence-electron chi connectivity index (χ4n) is 1.75. The molecule has 0 saturated heterocycles. The maximum atomic E-state index is 8.78. The van der Waals surface area contributed by atoms with Crippen LogP contribution in [-0.2, 0) is 6.42 Å². The van der Waals surface area contributed by atoms with Crippen LogP contribution in [-0.4, -0.2) is 32.8 Å². The van der Waals surface area contributed by atoms with E-state index in [9.17, 15) is 0 Å². The summed E-state index contributed by atoms with van der Waals surface area (Å²) in [5.74, 6) is 0.847. The summed E-state index contributed by atoms with van der Waals surface area (Å²) in [5.41, 5.74) is 1.83. The molecule has 102 valence electrons. The fourth-order valence-corrected chi connectivity index (χ4v) is 1.75. The van der Waals surface area contributed by atoms with E-state index in [0.717, 1.165) is 23.6 Å². The maximum absolute atomic E-state index is 8.78. The summed E-state index contributed by atoms with van der Waals surface area (Å²) in [6.45, 7) is 4.17. The van der Waals surface area contributed by atoms with Gasteiger partial charge in [-0.2, -0.15) is 0 Å². The van der Waals surface area contributed by atoms with Crippen LogP contribution in [0.2, 0.25) is 0 Å². The molecule has 2 aromatic rings. The summed E-state index contributed by atoms with van der Waals surface area (Å²) in [6, 6.07) is 7.74. The zero-order valence-electron chi connectivity index (χ0n) is 11.3. The molecule has 19 heavy (non-hydrogen) atoms. The average molecular weight is 261 g/mol. The highest BCUT2D eigenvalue weighted by Crippen LogP contribution is 2.16. The van der Waals surface area contributed by atoms with E-state index in [1.54, 1.807) is 4.68 Å². The second-order valence-corrected chi connectivity index (χ2v) is 4.64. The minimum atomic E-state index is 0.169. The first-order valence-corrected chi connectivity index (χ1v) is 6.48. The molecule has 0 fully saturated rings. The summed E-state index contributed by atoms with van der Waals surface area (Å²) in [7, 11) is 0. The third kappa shape index (κ3) is 3.79. The van der Waals surface area contributed by atoms with E-state index in [1.165, 1.54) is 0 Å². The molecule has 0 unspecified atom stereocenters. The molecule has 5 heteroatoms. The van der Waals surface area contributed by atoms with Gasteiger partial charge < -0.3 is 9.84 Å². The molecule has 0 atom stereocenters. The lowest BCUT2D eigenvalue weighted by molar-refractivity contribution is 0.242. The van der Waals surface area contributed by atoms with E-state index in [2.05, 4.69) is 10.3 Å². The lowest BCUT2D eigenvalue weighted by atomic mass is 10.2. The van der Waals surface area contributed by atoms with Crippen LogP contribution in [0.4, 0.5) is 0 Å². The Morgan fingerprint density at radius 3 is 2.63 bits per heavy atom. The van der Waals surface area contributed by atoms with Crippen molar-refractivity contribution in [3.05, 3.63) is 36.2 Å². The first kappa shape index (κ1) is 13.5. The Balaban J connectivity index is 2.07. The molecule has 0 saturated carbocycles. The molecule has 0 amide bonds. The van der Waals surface area contributed by atoms with E-state index in [1.807, 2.05) is 44.3 Å². The molecule has 1 N–H and O–H groups in total. The normalized spacial score (nSPS) is 10.9. The lowest BCUT2D eigenvalue weighted by Gasteiger charge is -2.09. The number of hydrogen-bond donors (Lipinski definition) is 1. The van der Waals surface area contributed by atoms with Crippen molar-refractivity contribution in [1.29, 1.82) is 0 Å². The second-order valence-electron chi connectivity index (χ2n) is 4.64. The average Bonchev–Trinajstić information content (AvgIpc) is 2.85. The number of aromatic nitrogens is 3. The van der Waals surface area contributed by atoms with Crippen molar-refractivity contribution in [2.75, 3.05) is 6.61 Å². The molecule has 1 heterocycles. The van der Waals surface area contributed by atoms with Crippen molar-refractivity contribution in [3.8, 4) is 11.4 Å². The molecule has 0 aliphatic carbocycles. The number of nitrogens with zero attached hydrogens (tertiary/aromatic N) is 3. The third-order valence-corrected chi connectivity index (χ3v) is 2.60. The molecule has 0 radical (unpaired) electrons. The highest BCUT2D eigenvalue weighted by Gasteiger charge is 2.03. The van der Waals surface area contributed by atoms with Crippen LogP contribution in [0.25, 0.3) is 5.69 Å². The number of ether oxygens (including phenoxy) is 1. The Morgan fingerprint density at radius 2 is 2.00 bits per heavy atom. The van der Waals surface area contributed by atoms with Gasteiger partial charge in [-0.15, -0.1) is 5.10 Å². The van der Waals surface area contributed by atoms with Gasteiger partial charge in [0.15, 0.2) is 0 Å². The van der Waals surface area contributed by atoms with E-state index in [0.29, 0.717) is 6.42 Å². The van der Waals surface area contributed by atoms with Crippen LogP contribution < -0.4 is 4.74 Å². The number of benzene rings is 1. The molecule has 0 bridgehead atoms. The summed E-state index contributed by atoms with van der Waals surface area (Å²) in [4.78, 5) is 0. The topological polar surface area (TPSA) is 60.2 Å². The van der Waals surface area contributed by atoms with Crippen LogP contribution in [0.3, 0.4) is 0 Å². The van der Waals surface area contributed by atoms with Gasteiger partial charge in [-0.3, -0.25) is 0 Å². The van der Waals surface area contributed by atoms with Crippen molar-refractivity contribution >= 4 is 0 Å². The highest BCUT2D eigenvalue weighted by atomic mass is 16.5. The molecular formula is C14H19N3O2. The largest absolute Gasteiger partial charge is 0.491 e. The van der Waals surface area contributed by atoms with Gasteiger partial charge in [0.25, 0.3) is 0 Å².